The molecule has 1 nitrogen and oxygen atoms in total. The van der Waals surface area contributed by atoms with E-state index in [1.165, 1.54) is 12.8 Å². The maximum Gasteiger partial charge on any atom is 0.248 e. The molecule has 1 saturated carbocycles. The quantitative estimate of drug-likeness (QED) is 0.680. The Hall–Kier alpha value is -0.180. The summed E-state index contributed by atoms with van der Waals surface area (Å²) in [5.74, 6) is -1.90. The van der Waals surface area contributed by atoms with Crippen LogP contribution in [-0.4, -0.2) is 19.0 Å². The molecule has 0 saturated heterocycles. The fourth-order valence-electron chi connectivity index (χ4n) is 1.91. The second-order valence-corrected chi connectivity index (χ2v) is 4.36. The first-order valence-corrected chi connectivity index (χ1v) is 5.72. The van der Waals surface area contributed by atoms with Crippen molar-refractivity contribution < 1.29 is 8.78 Å². The molecule has 1 N–H and O–H groups in total. The van der Waals surface area contributed by atoms with Crippen molar-refractivity contribution in [2.45, 2.75) is 51.4 Å². The minimum atomic E-state index is -2.38. The maximum absolute atomic E-state index is 12.8. The molecule has 0 aromatic heterocycles. The average Bonchev–Trinajstić information content (AvgIpc) is 2.15. The lowest BCUT2D eigenvalue weighted by atomic mass is 9.87. The molecular formula is C11H21F2N. The van der Waals surface area contributed by atoms with Crippen molar-refractivity contribution in [1.29, 1.82) is 0 Å². The predicted octanol–water partition coefficient (Wildman–Crippen LogP) is 3.20. The summed E-state index contributed by atoms with van der Waals surface area (Å²) in [6.07, 6.45) is 3.93. The van der Waals surface area contributed by atoms with Gasteiger partial charge in [0, 0.05) is 12.8 Å². The fraction of sp³-hybridized carbons (Fsp3) is 1.00. The standard InChI is InChI=1S/C11H21F2N/c1-2-3-8-14-9-10-4-6-11(12,13)7-5-10/h10,14H,2-9H2,1H3. The van der Waals surface area contributed by atoms with Crippen LogP contribution in [0.2, 0.25) is 0 Å². The van der Waals surface area contributed by atoms with E-state index in [9.17, 15) is 8.78 Å². The third kappa shape index (κ3) is 4.36. The van der Waals surface area contributed by atoms with Crippen LogP contribution in [0.25, 0.3) is 0 Å². The van der Waals surface area contributed by atoms with Crippen LogP contribution in [0.4, 0.5) is 8.78 Å². The van der Waals surface area contributed by atoms with Crippen molar-refractivity contribution in [2.75, 3.05) is 13.1 Å². The minimum absolute atomic E-state index is 0.0904. The van der Waals surface area contributed by atoms with Crippen molar-refractivity contribution in [3.05, 3.63) is 0 Å². The molecule has 1 fully saturated rings. The number of halogens is 2. The lowest BCUT2D eigenvalue weighted by Crippen LogP contribution is -2.31. The lowest BCUT2D eigenvalue weighted by molar-refractivity contribution is -0.0454. The highest BCUT2D eigenvalue weighted by atomic mass is 19.3. The second kappa shape index (κ2) is 5.64. The van der Waals surface area contributed by atoms with Crippen molar-refractivity contribution in [2.24, 2.45) is 5.92 Å². The topological polar surface area (TPSA) is 12.0 Å². The van der Waals surface area contributed by atoms with E-state index in [0.29, 0.717) is 18.8 Å². The molecule has 84 valence electrons. The van der Waals surface area contributed by atoms with Crippen LogP contribution in [0.3, 0.4) is 0 Å². The van der Waals surface area contributed by atoms with E-state index in [2.05, 4.69) is 12.2 Å². The van der Waals surface area contributed by atoms with E-state index in [1.54, 1.807) is 0 Å². The first-order valence-electron chi connectivity index (χ1n) is 5.72. The van der Waals surface area contributed by atoms with E-state index in [1.807, 2.05) is 0 Å². The zero-order valence-electron chi connectivity index (χ0n) is 8.99. The summed E-state index contributed by atoms with van der Waals surface area (Å²) in [4.78, 5) is 0. The first-order chi connectivity index (χ1) is 6.64. The molecule has 0 heterocycles. The molecule has 0 aromatic rings. The summed E-state index contributed by atoms with van der Waals surface area (Å²) in [6.45, 7) is 4.11. The molecule has 0 unspecified atom stereocenters. The Bertz CT molecular complexity index is 149. The largest absolute Gasteiger partial charge is 0.316 e. The van der Waals surface area contributed by atoms with Gasteiger partial charge in [-0.3, -0.25) is 0 Å². The summed E-state index contributed by atoms with van der Waals surface area (Å²) in [7, 11) is 0. The van der Waals surface area contributed by atoms with Gasteiger partial charge in [-0.2, -0.15) is 0 Å². The first kappa shape index (κ1) is 11.9. The van der Waals surface area contributed by atoms with Crippen molar-refractivity contribution >= 4 is 0 Å². The summed E-state index contributed by atoms with van der Waals surface area (Å²) in [5.41, 5.74) is 0. The zero-order chi connectivity index (χ0) is 10.4. The Morgan fingerprint density at radius 3 is 2.50 bits per heavy atom. The van der Waals surface area contributed by atoms with Crippen LogP contribution in [0.1, 0.15) is 45.4 Å². The molecule has 0 amide bonds. The van der Waals surface area contributed by atoms with Gasteiger partial charge in [-0.25, -0.2) is 8.78 Å². The van der Waals surface area contributed by atoms with E-state index < -0.39 is 5.92 Å². The van der Waals surface area contributed by atoms with Crippen molar-refractivity contribution in [1.82, 2.24) is 5.32 Å². The summed E-state index contributed by atoms with van der Waals surface area (Å²) >= 11 is 0. The van der Waals surface area contributed by atoms with Crippen molar-refractivity contribution in [3.63, 3.8) is 0 Å². The SMILES string of the molecule is CCCCNCC1CCC(F)(F)CC1. The van der Waals surface area contributed by atoms with Crippen LogP contribution < -0.4 is 5.32 Å². The van der Waals surface area contributed by atoms with Crippen LogP contribution in [-0.2, 0) is 0 Å². The van der Waals surface area contributed by atoms with E-state index in [4.69, 9.17) is 0 Å². The molecule has 1 aliphatic carbocycles. The van der Waals surface area contributed by atoms with Gasteiger partial charge in [0.05, 0.1) is 0 Å². The van der Waals surface area contributed by atoms with Gasteiger partial charge < -0.3 is 5.32 Å². The Balaban J connectivity index is 2.04. The van der Waals surface area contributed by atoms with Crippen LogP contribution >= 0.6 is 0 Å². The third-order valence-electron chi connectivity index (χ3n) is 2.98. The second-order valence-electron chi connectivity index (χ2n) is 4.36. The molecule has 1 rings (SSSR count). The van der Waals surface area contributed by atoms with Gasteiger partial charge in [-0.1, -0.05) is 13.3 Å². The van der Waals surface area contributed by atoms with Gasteiger partial charge in [0.15, 0.2) is 0 Å². The van der Waals surface area contributed by atoms with Gasteiger partial charge in [0.25, 0.3) is 0 Å². The molecule has 3 heteroatoms. The third-order valence-corrected chi connectivity index (χ3v) is 2.98. The highest BCUT2D eigenvalue weighted by Gasteiger charge is 2.34. The Kier molecular flexibility index (Phi) is 4.79. The number of rotatable bonds is 5. The van der Waals surface area contributed by atoms with Crippen molar-refractivity contribution in [3.8, 4) is 0 Å². The van der Waals surface area contributed by atoms with Gasteiger partial charge in [0.2, 0.25) is 5.92 Å². The Labute approximate surface area is 85.3 Å². The smallest absolute Gasteiger partial charge is 0.248 e. The van der Waals surface area contributed by atoms with E-state index >= 15 is 0 Å². The van der Waals surface area contributed by atoms with Gasteiger partial charge >= 0.3 is 0 Å². The van der Waals surface area contributed by atoms with Gasteiger partial charge in [-0.05, 0) is 38.3 Å². The predicted molar refractivity (Wildman–Crippen MR) is 54.7 cm³/mol. The normalized spacial score (nSPS) is 22.5. The van der Waals surface area contributed by atoms with Crippen LogP contribution in [0.5, 0.6) is 0 Å². The number of unbranched alkanes of at least 4 members (excludes halogenated alkanes) is 1. The van der Waals surface area contributed by atoms with Crippen LogP contribution in [0.15, 0.2) is 0 Å². The molecular weight excluding hydrogens is 184 g/mol. The molecule has 14 heavy (non-hydrogen) atoms. The molecule has 0 radical (unpaired) electrons. The van der Waals surface area contributed by atoms with Crippen LogP contribution in [0, 0.1) is 5.92 Å². The highest BCUT2D eigenvalue weighted by Crippen LogP contribution is 2.35. The monoisotopic (exact) mass is 205 g/mol. The molecule has 0 spiro atoms. The molecule has 0 aromatic carbocycles. The maximum atomic E-state index is 12.8. The fourth-order valence-corrected chi connectivity index (χ4v) is 1.91. The molecule has 0 atom stereocenters. The van der Waals surface area contributed by atoms with E-state index in [-0.39, 0.29) is 12.8 Å². The number of hydrogen-bond donors (Lipinski definition) is 1. The number of hydrogen-bond acceptors (Lipinski definition) is 1. The number of nitrogens with one attached hydrogen (secondary N) is 1. The molecule has 0 aliphatic heterocycles. The van der Waals surface area contributed by atoms with Gasteiger partial charge in [0.1, 0.15) is 0 Å². The average molecular weight is 205 g/mol. The summed E-state index contributed by atoms with van der Waals surface area (Å²) in [6, 6.07) is 0. The number of alkyl halides is 2. The minimum Gasteiger partial charge on any atom is -0.316 e. The Morgan fingerprint density at radius 1 is 1.29 bits per heavy atom. The summed E-state index contributed by atoms with van der Waals surface area (Å²) < 4.78 is 25.6. The van der Waals surface area contributed by atoms with Gasteiger partial charge in [-0.15, -0.1) is 0 Å². The summed E-state index contributed by atoms with van der Waals surface area (Å²) in [5, 5.41) is 3.34. The lowest BCUT2D eigenvalue weighted by Gasteiger charge is -2.28. The van der Waals surface area contributed by atoms with E-state index in [0.717, 1.165) is 13.1 Å². The molecule has 0 bridgehead atoms. The Morgan fingerprint density at radius 2 is 1.93 bits per heavy atom. The zero-order valence-corrected chi connectivity index (χ0v) is 8.99. The highest BCUT2D eigenvalue weighted by molar-refractivity contribution is 4.78. The molecule has 1 aliphatic rings.